The van der Waals surface area contributed by atoms with E-state index in [-0.39, 0.29) is 5.82 Å². The molecule has 1 atom stereocenters. The molecular formula is C18H13ClFNO3. The lowest BCUT2D eigenvalue weighted by atomic mass is 10.2. The third-order valence-electron chi connectivity index (χ3n) is 3.30. The Morgan fingerprint density at radius 2 is 1.79 bits per heavy atom. The quantitative estimate of drug-likeness (QED) is 0.629. The Morgan fingerprint density at radius 3 is 2.50 bits per heavy atom. The van der Waals surface area contributed by atoms with E-state index in [1.807, 2.05) is 0 Å². The van der Waals surface area contributed by atoms with E-state index in [0.29, 0.717) is 28.3 Å². The molecule has 122 valence electrons. The van der Waals surface area contributed by atoms with Gasteiger partial charge in [-0.3, -0.25) is 4.79 Å². The molecule has 0 radical (unpaired) electrons. The van der Waals surface area contributed by atoms with E-state index in [2.05, 4.69) is 4.98 Å². The monoisotopic (exact) mass is 345 g/mol. The Kier molecular flexibility index (Phi) is 4.62. The average molecular weight is 346 g/mol. The van der Waals surface area contributed by atoms with Crippen LogP contribution in [0.1, 0.15) is 6.92 Å². The third kappa shape index (κ3) is 3.81. The lowest BCUT2D eigenvalue weighted by molar-refractivity contribution is -0.117. The molecule has 2 aromatic carbocycles. The number of fused-ring (bicyclic) bond motifs is 1. The van der Waals surface area contributed by atoms with E-state index in [0.717, 1.165) is 0 Å². The maximum absolute atomic E-state index is 13.2. The van der Waals surface area contributed by atoms with Gasteiger partial charge in [-0.1, -0.05) is 0 Å². The molecule has 0 aliphatic heterocycles. The molecule has 0 aliphatic carbocycles. The van der Waals surface area contributed by atoms with Crippen molar-refractivity contribution >= 4 is 27.7 Å². The van der Waals surface area contributed by atoms with Gasteiger partial charge in [-0.05, 0) is 67.1 Å². The summed E-state index contributed by atoms with van der Waals surface area (Å²) in [6, 6.07) is 14.5. The zero-order chi connectivity index (χ0) is 17.1. The molecule has 0 amide bonds. The Bertz CT molecular complexity index is 883. The van der Waals surface area contributed by atoms with Gasteiger partial charge in [-0.25, -0.2) is 9.37 Å². The van der Waals surface area contributed by atoms with Crippen LogP contribution in [0.25, 0.3) is 10.9 Å². The highest BCUT2D eigenvalue weighted by Gasteiger charge is 2.11. The summed E-state index contributed by atoms with van der Waals surface area (Å²) < 4.78 is 24.2. The van der Waals surface area contributed by atoms with Crippen molar-refractivity contribution < 1.29 is 18.7 Å². The highest BCUT2D eigenvalue weighted by atomic mass is 35.5. The second-order valence-electron chi connectivity index (χ2n) is 5.12. The number of rotatable bonds is 5. The fraction of sp³-hybridized carbons (Fsp3) is 0.111. The van der Waals surface area contributed by atoms with Crippen molar-refractivity contribution in [3.8, 4) is 17.4 Å². The van der Waals surface area contributed by atoms with Crippen LogP contribution in [0.3, 0.4) is 0 Å². The van der Waals surface area contributed by atoms with Crippen LogP contribution in [-0.2, 0) is 4.79 Å². The molecule has 3 rings (SSSR count). The Hall–Kier alpha value is -2.66. The zero-order valence-electron chi connectivity index (χ0n) is 12.7. The number of hydrogen-bond donors (Lipinski definition) is 0. The minimum absolute atomic E-state index is 0.307. The number of carbonyl (C=O) groups is 1. The summed E-state index contributed by atoms with van der Waals surface area (Å²) in [6.45, 7) is 1.57. The van der Waals surface area contributed by atoms with Crippen molar-refractivity contribution in [1.29, 1.82) is 0 Å². The number of ether oxygens (including phenoxy) is 2. The van der Waals surface area contributed by atoms with Crippen LogP contribution in [0.2, 0.25) is 0 Å². The molecule has 0 saturated heterocycles. The lowest BCUT2D eigenvalue weighted by Gasteiger charge is -2.11. The molecule has 0 spiro atoms. The molecule has 0 fully saturated rings. The van der Waals surface area contributed by atoms with Crippen molar-refractivity contribution in [2.45, 2.75) is 13.0 Å². The minimum atomic E-state index is -0.721. The second-order valence-corrected chi connectivity index (χ2v) is 5.50. The van der Waals surface area contributed by atoms with Gasteiger partial charge in [-0.2, -0.15) is 0 Å². The number of aromatic nitrogens is 1. The molecule has 24 heavy (non-hydrogen) atoms. The van der Waals surface area contributed by atoms with Gasteiger partial charge in [0.25, 0.3) is 5.24 Å². The summed E-state index contributed by atoms with van der Waals surface area (Å²) in [6.07, 6.45) is -0.721. The standard InChI is InChI=1S/C18H13ClFNO3/c1-11(18(19)22)23-14-4-6-15(7-5-14)24-17-9-2-12-10-13(20)3-8-16(12)21-17/h2-11H,1H3. The van der Waals surface area contributed by atoms with E-state index in [9.17, 15) is 9.18 Å². The predicted octanol–water partition coefficient (Wildman–Crippen LogP) is 4.70. The van der Waals surface area contributed by atoms with Crippen LogP contribution < -0.4 is 9.47 Å². The molecular weight excluding hydrogens is 333 g/mol. The molecule has 0 aliphatic rings. The minimum Gasteiger partial charge on any atom is -0.482 e. The van der Waals surface area contributed by atoms with E-state index in [1.165, 1.54) is 12.1 Å². The Labute approximate surface area is 142 Å². The molecule has 3 aromatic rings. The summed E-state index contributed by atoms with van der Waals surface area (Å²) in [5, 5.41) is 0.137. The molecule has 4 nitrogen and oxygen atoms in total. The van der Waals surface area contributed by atoms with Gasteiger partial charge < -0.3 is 9.47 Å². The van der Waals surface area contributed by atoms with Gasteiger partial charge in [-0.15, -0.1) is 0 Å². The topological polar surface area (TPSA) is 48.4 Å². The normalized spacial score (nSPS) is 12.0. The number of pyridine rings is 1. The number of nitrogens with zero attached hydrogens (tertiary/aromatic N) is 1. The van der Waals surface area contributed by atoms with E-state index in [1.54, 1.807) is 49.4 Å². The Morgan fingerprint density at radius 1 is 1.08 bits per heavy atom. The number of carbonyl (C=O) groups excluding carboxylic acids is 1. The van der Waals surface area contributed by atoms with Crippen LogP contribution in [0.15, 0.2) is 54.6 Å². The first-order chi connectivity index (χ1) is 11.5. The molecule has 1 heterocycles. The van der Waals surface area contributed by atoms with Gasteiger partial charge in [0.1, 0.15) is 17.3 Å². The largest absolute Gasteiger partial charge is 0.482 e. The predicted molar refractivity (Wildman–Crippen MR) is 89.2 cm³/mol. The number of benzene rings is 2. The Balaban J connectivity index is 1.74. The van der Waals surface area contributed by atoms with Crippen molar-refractivity contribution in [3.63, 3.8) is 0 Å². The molecule has 1 aromatic heterocycles. The average Bonchev–Trinajstić information content (AvgIpc) is 2.56. The molecule has 6 heteroatoms. The maximum atomic E-state index is 13.2. The molecule has 0 saturated carbocycles. The van der Waals surface area contributed by atoms with Crippen molar-refractivity contribution in [1.82, 2.24) is 4.98 Å². The first-order valence-electron chi connectivity index (χ1n) is 7.21. The smallest absolute Gasteiger partial charge is 0.262 e. The summed E-state index contributed by atoms with van der Waals surface area (Å²) in [5.41, 5.74) is 0.642. The summed E-state index contributed by atoms with van der Waals surface area (Å²) in [5.74, 6) is 1.15. The van der Waals surface area contributed by atoms with Gasteiger partial charge in [0.05, 0.1) is 5.52 Å². The molecule has 0 bridgehead atoms. The zero-order valence-corrected chi connectivity index (χ0v) is 13.5. The maximum Gasteiger partial charge on any atom is 0.262 e. The summed E-state index contributed by atoms with van der Waals surface area (Å²) >= 11 is 5.35. The lowest BCUT2D eigenvalue weighted by Crippen LogP contribution is -2.18. The third-order valence-corrected chi connectivity index (χ3v) is 3.61. The first kappa shape index (κ1) is 16.2. The molecule has 0 N–H and O–H groups in total. The van der Waals surface area contributed by atoms with Gasteiger partial charge in [0, 0.05) is 11.5 Å². The molecule has 1 unspecified atom stereocenters. The number of hydrogen-bond acceptors (Lipinski definition) is 4. The first-order valence-corrected chi connectivity index (χ1v) is 7.59. The van der Waals surface area contributed by atoms with Crippen LogP contribution in [0.5, 0.6) is 17.4 Å². The fourth-order valence-electron chi connectivity index (χ4n) is 2.09. The van der Waals surface area contributed by atoms with Crippen molar-refractivity contribution in [3.05, 3.63) is 60.4 Å². The highest BCUT2D eigenvalue weighted by molar-refractivity contribution is 6.64. The number of halogens is 2. The summed E-state index contributed by atoms with van der Waals surface area (Å²) in [4.78, 5) is 15.3. The van der Waals surface area contributed by atoms with E-state index in [4.69, 9.17) is 21.1 Å². The van der Waals surface area contributed by atoms with E-state index >= 15 is 0 Å². The van der Waals surface area contributed by atoms with Gasteiger partial charge in [0.15, 0.2) is 6.10 Å². The summed E-state index contributed by atoms with van der Waals surface area (Å²) in [7, 11) is 0. The van der Waals surface area contributed by atoms with Crippen molar-refractivity contribution in [2.75, 3.05) is 0 Å². The van der Waals surface area contributed by atoms with Crippen LogP contribution in [0, 0.1) is 5.82 Å². The van der Waals surface area contributed by atoms with Crippen LogP contribution in [-0.4, -0.2) is 16.3 Å². The van der Waals surface area contributed by atoms with Crippen LogP contribution in [0.4, 0.5) is 4.39 Å². The fourth-order valence-corrected chi connectivity index (χ4v) is 2.14. The highest BCUT2D eigenvalue weighted by Crippen LogP contribution is 2.25. The van der Waals surface area contributed by atoms with Gasteiger partial charge >= 0.3 is 0 Å². The van der Waals surface area contributed by atoms with Crippen LogP contribution >= 0.6 is 11.6 Å². The van der Waals surface area contributed by atoms with Crippen molar-refractivity contribution in [2.24, 2.45) is 0 Å². The SMILES string of the molecule is CC(Oc1ccc(Oc2ccc3cc(F)ccc3n2)cc1)C(=O)Cl. The van der Waals surface area contributed by atoms with E-state index < -0.39 is 11.3 Å². The second kappa shape index (κ2) is 6.84. The van der Waals surface area contributed by atoms with Gasteiger partial charge in [0.2, 0.25) is 5.88 Å².